The van der Waals surface area contributed by atoms with Gasteiger partial charge in [-0.25, -0.2) is 18.2 Å². The fourth-order valence-electron chi connectivity index (χ4n) is 0.808. The number of ether oxygens (including phenoxy) is 1. The highest BCUT2D eigenvalue weighted by atomic mass is 35.7. The molecule has 15 heavy (non-hydrogen) atoms. The minimum atomic E-state index is -4.02. The third kappa shape index (κ3) is 3.05. The van der Waals surface area contributed by atoms with Crippen molar-refractivity contribution < 1.29 is 17.9 Å². The van der Waals surface area contributed by atoms with Crippen LogP contribution in [0.1, 0.15) is 10.5 Å². The van der Waals surface area contributed by atoms with Gasteiger partial charge < -0.3 is 4.74 Å². The molecule has 0 aromatic carbocycles. The highest BCUT2D eigenvalue weighted by molar-refractivity contribution is 8.13. The van der Waals surface area contributed by atoms with Crippen LogP contribution >= 0.6 is 22.3 Å². The number of hydrogen-bond acceptors (Lipinski definition) is 5. The number of hydrogen-bond donors (Lipinski definition) is 0. The van der Waals surface area contributed by atoms with Gasteiger partial charge >= 0.3 is 5.97 Å². The van der Waals surface area contributed by atoms with E-state index in [2.05, 4.69) is 9.72 Å². The molecule has 0 bridgehead atoms. The smallest absolute Gasteiger partial charge is 0.356 e. The van der Waals surface area contributed by atoms with Gasteiger partial charge in [0.15, 0.2) is 10.7 Å². The van der Waals surface area contributed by atoms with Gasteiger partial charge in [0.1, 0.15) is 0 Å². The summed E-state index contributed by atoms with van der Waals surface area (Å²) < 4.78 is 26.2. The van der Waals surface area contributed by atoms with E-state index in [0.717, 1.165) is 13.2 Å². The predicted octanol–water partition coefficient (Wildman–Crippen LogP) is 1.45. The van der Waals surface area contributed by atoms with Crippen LogP contribution in [0.15, 0.2) is 17.2 Å². The molecule has 0 unspecified atom stereocenters. The Kier molecular flexibility index (Phi) is 3.54. The Hall–Kier alpha value is -0.850. The Bertz CT molecular complexity index is 500. The molecule has 0 amide bonds. The Balaban J connectivity index is 3.35. The maximum absolute atomic E-state index is 11.1. The van der Waals surface area contributed by atoms with Crippen molar-refractivity contribution in [3.05, 3.63) is 22.8 Å². The van der Waals surface area contributed by atoms with E-state index in [-0.39, 0.29) is 10.7 Å². The summed E-state index contributed by atoms with van der Waals surface area (Å²) in [5, 5.41) is -0.457. The first-order valence-corrected chi connectivity index (χ1v) is 6.24. The second-order valence-corrected chi connectivity index (χ2v) is 5.39. The molecule has 0 saturated carbocycles. The molecule has 5 nitrogen and oxygen atoms in total. The van der Waals surface area contributed by atoms with Gasteiger partial charge in [0, 0.05) is 15.7 Å². The number of rotatable bonds is 2. The van der Waals surface area contributed by atoms with Gasteiger partial charge in [-0.05, 0) is 12.1 Å². The molecule has 0 atom stereocenters. The molecule has 0 fully saturated rings. The highest BCUT2D eigenvalue weighted by Gasteiger charge is 2.17. The number of aromatic nitrogens is 1. The van der Waals surface area contributed by atoms with Crippen molar-refractivity contribution in [2.45, 2.75) is 5.03 Å². The molecular formula is C7H5Cl2NO4S. The van der Waals surface area contributed by atoms with Crippen molar-refractivity contribution in [3.8, 4) is 0 Å². The minimum Gasteiger partial charge on any atom is -0.464 e. The standard InChI is InChI=1S/C7H5Cl2NO4S/c1-14-7(11)5-2-4(8)3-6(10-5)15(9,12)13/h2-3H,1H3. The highest BCUT2D eigenvalue weighted by Crippen LogP contribution is 2.18. The predicted molar refractivity (Wildman–Crippen MR) is 53.6 cm³/mol. The van der Waals surface area contributed by atoms with Crippen molar-refractivity contribution in [2.24, 2.45) is 0 Å². The fourth-order valence-corrected chi connectivity index (χ4v) is 1.79. The van der Waals surface area contributed by atoms with Crippen LogP contribution in [0.5, 0.6) is 0 Å². The van der Waals surface area contributed by atoms with E-state index in [0.29, 0.717) is 0 Å². The summed E-state index contributed by atoms with van der Waals surface area (Å²) in [6.45, 7) is 0. The zero-order valence-corrected chi connectivity index (χ0v) is 9.73. The zero-order valence-electron chi connectivity index (χ0n) is 7.40. The summed E-state index contributed by atoms with van der Waals surface area (Å²) in [5.41, 5.74) is -0.218. The van der Waals surface area contributed by atoms with Crippen molar-refractivity contribution in [1.29, 1.82) is 0 Å². The largest absolute Gasteiger partial charge is 0.464 e. The van der Waals surface area contributed by atoms with Crippen LogP contribution in [0.4, 0.5) is 0 Å². The first-order chi connectivity index (χ1) is 6.84. The van der Waals surface area contributed by atoms with Gasteiger partial charge in [0.2, 0.25) is 0 Å². The number of carbonyl (C=O) groups is 1. The number of halogens is 2. The summed E-state index contributed by atoms with van der Waals surface area (Å²) in [5.74, 6) is -0.793. The van der Waals surface area contributed by atoms with Gasteiger partial charge in [-0.15, -0.1) is 0 Å². The third-order valence-electron chi connectivity index (χ3n) is 1.41. The molecule has 0 radical (unpaired) electrons. The minimum absolute atomic E-state index is 0.0321. The van der Waals surface area contributed by atoms with E-state index in [4.69, 9.17) is 22.3 Å². The Morgan fingerprint density at radius 1 is 1.47 bits per heavy atom. The number of esters is 1. The SMILES string of the molecule is COC(=O)c1cc(Cl)cc(S(=O)(=O)Cl)n1. The van der Waals surface area contributed by atoms with Gasteiger partial charge in [0.25, 0.3) is 9.05 Å². The number of nitrogens with zero attached hydrogens (tertiary/aromatic N) is 1. The van der Waals surface area contributed by atoms with Crippen LogP contribution in [0.3, 0.4) is 0 Å². The lowest BCUT2D eigenvalue weighted by atomic mass is 10.3. The summed E-state index contributed by atoms with van der Waals surface area (Å²) in [6, 6.07) is 2.22. The van der Waals surface area contributed by atoms with Crippen LogP contribution in [-0.2, 0) is 13.8 Å². The van der Waals surface area contributed by atoms with E-state index in [1.165, 1.54) is 6.07 Å². The second-order valence-electron chi connectivity index (χ2n) is 2.44. The molecule has 0 aliphatic rings. The van der Waals surface area contributed by atoms with E-state index in [9.17, 15) is 13.2 Å². The Morgan fingerprint density at radius 3 is 2.53 bits per heavy atom. The van der Waals surface area contributed by atoms with Gasteiger partial charge in [-0.3, -0.25) is 0 Å². The molecule has 0 aliphatic carbocycles. The Labute approximate surface area is 95.4 Å². The molecular weight excluding hydrogens is 265 g/mol. The lowest BCUT2D eigenvalue weighted by Gasteiger charge is -2.01. The molecule has 0 aliphatic heterocycles. The maximum Gasteiger partial charge on any atom is 0.356 e. The quantitative estimate of drug-likeness (QED) is 0.600. The fraction of sp³-hybridized carbons (Fsp3) is 0.143. The van der Waals surface area contributed by atoms with Crippen LogP contribution < -0.4 is 0 Å². The average Bonchev–Trinajstić information content (AvgIpc) is 2.14. The lowest BCUT2D eigenvalue weighted by molar-refractivity contribution is 0.0593. The van der Waals surface area contributed by atoms with Crippen LogP contribution in [0.2, 0.25) is 5.02 Å². The van der Waals surface area contributed by atoms with Gasteiger partial charge in [-0.1, -0.05) is 11.6 Å². The molecule has 0 spiro atoms. The summed E-state index contributed by atoms with van der Waals surface area (Å²) in [4.78, 5) is 14.6. The molecule has 1 heterocycles. The normalized spacial score (nSPS) is 11.1. The second kappa shape index (κ2) is 4.34. The molecule has 1 aromatic heterocycles. The van der Waals surface area contributed by atoms with E-state index in [1.54, 1.807) is 0 Å². The van der Waals surface area contributed by atoms with Crippen molar-refractivity contribution >= 4 is 37.3 Å². The van der Waals surface area contributed by atoms with E-state index >= 15 is 0 Å². The third-order valence-corrected chi connectivity index (χ3v) is 2.81. The number of pyridine rings is 1. The van der Waals surface area contributed by atoms with Crippen molar-refractivity contribution in [3.63, 3.8) is 0 Å². The monoisotopic (exact) mass is 269 g/mol. The molecule has 0 saturated heterocycles. The molecule has 82 valence electrons. The van der Waals surface area contributed by atoms with Crippen molar-refractivity contribution in [2.75, 3.05) is 7.11 Å². The average molecular weight is 270 g/mol. The van der Waals surface area contributed by atoms with Gasteiger partial charge in [-0.2, -0.15) is 0 Å². The lowest BCUT2D eigenvalue weighted by Crippen LogP contribution is -2.07. The van der Waals surface area contributed by atoms with Crippen molar-refractivity contribution in [1.82, 2.24) is 4.98 Å². The summed E-state index contributed by atoms with van der Waals surface area (Å²) in [6.07, 6.45) is 0. The summed E-state index contributed by atoms with van der Waals surface area (Å²) in [7, 11) is 2.17. The molecule has 0 N–H and O–H groups in total. The Morgan fingerprint density at radius 2 is 2.07 bits per heavy atom. The van der Waals surface area contributed by atoms with E-state index < -0.39 is 20.0 Å². The molecule has 1 aromatic rings. The zero-order chi connectivity index (χ0) is 11.6. The van der Waals surface area contributed by atoms with Crippen LogP contribution in [0.25, 0.3) is 0 Å². The number of carbonyl (C=O) groups excluding carboxylic acids is 1. The first kappa shape index (κ1) is 12.2. The molecule has 1 rings (SSSR count). The van der Waals surface area contributed by atoms with Gasteiger partial charge in [0.05, 0.1) is 7.11 Å². The maximum atomic E-state index is 11.1. The molecule has 8 heteroatoms. The summed E-state index contributed by atoms with van der Waals surface area (Å²) >= 11 is 5.59. The van der Waals surface area contributed by atoms with Crippen LogP contribution in [-0.4, -0.2) is 26.5 Å². The first-order valence-electron chi connectivity index (χ1n) is 3.55. The number of methoxy groups -OCH3 is 1. The van der Waals surface area contributed by atoms with Crippen LogP contribution in [0, 0.1) is 0 Å². The topological polar surface area (TPSA) is 73.3 Å². The van der Waals surface area contributed by atoms with E-state index in [1.807, 2.05) is 0 Å².